The lowest BCUT2D eigenvalue weighted by Gasteiger charge is -2.03. The molecule has 0 bridgehead atoms. The number of aryl methyl sites for hydroxylation is 1. The van der Waals surface area contributed by atoms with Crippen molar-refractivity contribution < 1.29 is 14.4 Å². The summed E-state index contributed by atoms with van der Waals surface area (Å²) in [5.41, 5.74) is 4.26. The van der Waals surface area contributed by atoms with Crippen LogP contribution in [0.3, 0.4) is 0 Å². The van der Waals surface area contributed by atoms with Gasteiger partial charge in [0.2, 0.25) is 0 Å². The van der Waals surface area contributed by atoms with Crippen LogP contribution in [0.5, 0.6) is 5.75 Å². The Morgan fingerprint density at radius 2 is 2.08 bits per heavy atom. The van der Waals surface area contributed by atoms with Gasteiger partial charge >= 0.3 is 0 Å². The lowest BCUT2D eigenvalue weighted by molar-refractivity contribution is 0.0954. The second kappa shape index (κ2) is 7.72. The number of aromatic hydroxyl groups is 1. The van der Waals surface area contributed by atoms with Gasteiger partial charge in [-0.3, -0.25) is 4.79 Å². The summed E-state index contributed by atoms with van der Waals surface area (Å²) in [5, 5.41) is 18.2. The van der Waals surface area contributed by atoms with E-state index in [1.807, 2.05) is 30.3 Å². The number of carbonyl (C=O) groups is 1. The van der Waals surface area contributed by atoms with Crippen molar-refractivity contribution in [2.45, 2.75) is 6.92 Å². The van der Waals surface area contributed by atoms with Gasteiger partial charge in [0.25, 0.3) is 5.91 Å². The summed E-state index contributed by atoms with van der Waals surface area (Å²) in [6.45, 7) is 1.65. The first-order chi connectivity index (χ1) is 12.5. The molecular weight excluding hydrogens is 422 g/mol. The summed E-state index contributed by atoms with van der Waals surface area (Å²) >= 11 is 9.13. The number of aromatic nitrogens is 1. The summed E-state index contributed by atoms with van der Waals surface area (Å²) < 4.78 is 5.59. The summed E-state index contributed by atoms with van der Waals surface area (Å²) in [6, 6.07) is 12.3. The molecule has 3 aromatic rings. The quantitative estimate of drug-likeness (QED) is 0.466. The summed E-state index contributed by atoms with van der Waals surface area (Å²) in [7, 11) is 0. The minimum absolute atomic E-state index is 0.0291. The molecule has 6 nitrogen and oxygen atoms in total. The minimum atomic E-state index is -0.473. The molecule has 0 aliphatic rings. The first kappa shape index (κ1) is 18.2. The van der Waals surface area contributed by atoms with Crippen molar-refractivity contribution in [3.8, 4) is 17.0 Å². The molecule has 0 saturated heterocycles. The van der Waals surface area contributed by atoms with Crippen molar-refractivity contribution in [3.05, 3.63) is 68.8 Å². The fraction of sp³-hybridized carbons (Fsp3) is 0.0556. The van der Waals surface area contributed by atoms with Gasteiger partial charge in [-0.15, -0.1) is 0 Å². The van der Waals surface area contributed by atoms with Crippen LogP contribution in [0.4, 0.5) is 0 Å². The van der Waals surface area contributed by atoms with Crippen molar-refractivity contribution in [1.29, 1.82) is 0 Å². The maximum Gasteiger partial charge on any atom is 0.277 e. The van der Waals surface area contributed by atoms with E-state index in [9.17, 15) is 9.90 Å². The molecule has 0 atom stereocenters. The molecule has 0 fully saturated rings. The largest absolute Gasteiger partial charge is 0.506 e. The number of nitrogens with one attached hydrogen (secondary N) is 1. The van der Waals surface area contributed by atoms with Crippen LogP contribution < -0.4 is 5.43 Å². The number of carbonyl (C=O) groups excluding carboxylic acids is 1. The van der Waals surface area contributed by atoms with E-state index < -0.39 is 5.91 Å². The maximum absolute atomic E-state index is 12.5. The molecule has 8 heteroatoms. The van der Waals surface area contributed by atoms with Gasteiger partial charge in [0.15, 0.2) is 0 Å². The summed E-state index contributed by atoms with van der Waals surface area (Å²) in [4.78, 5) is 12.5. The van der Waals surface area contributed by atoms with E-state index in [0.29, 0.717) is 32.1 Å². The third-order valence-corrected chi connectivity index (χ3v) is 4.39. The number of amides is 1. The summed E-state index contributed by atoms with van der Waals surface area (Å²) in [6.07, 6.45) is 1.30. The van der Waals surface area contributed by atoms with E-state index in [2.05, 4.69) is 31.6 Å². The topological polar surface area (TPSA) is 87.7 Å². The Morgan fingerprint density at radius 3 is 2.81 bits per heavy atom. The number of halogens is 2. The van der Waals surface area contributed by atoms with Gasteiger partial charge in [-0.05, 0) is 35.0 Å². The normalized spacial score (nSPS) is 11.0. The van der Waals surface area contributed by atoms with Gasteiger partial charge < -0.3 is 9.63 Å². The highest BCUT2D eigenvalue weighted by atomic mass is 79.9. The van der Waals surface area contributed by atoms with Gasteiger partial charge in [0, 0.05) is 16.1 Å². The number of hydrogen-bond acceptors (Lipinski definition) is 5. The SMILES string of the molecule is Cc1onc(-c2ccccc2)c1C(=O)N/N=C\c1cc(Cl)cc(Br)c1O. The van der Waals surface area contributed by atoms with Crippen LogP contribution in [-0.4, -0.2) is 22.4 Å². The van der Waals surface area contributed by atoms with Crippen LogP contribution in [0.1, 0.15) is 21.7 Å². The number of benzene rings is 2. The number of phenols is 1. The van der Waals surface area contributed by atoms with Crippen LogP contribution >= 0.6 is 27.5 Å². The molecule has 0 saturated carbocycles. The average Bonchev–Trinajstić information content (AvgIpc) is 3.01. The zero-order valence-electron chi connectivity index (χ0n) is 13.5. The van der Waals surface area contributed by atoms with E-state index in [1.165, 1.54) is 12.3 Å². The highest BCUT2D eigenvalue weighted by Crippen LogP contribution is 2.30. The van der Waals surface area contributed by atoms with Crippen molar-refractivity contribution in [1.82, 2.24) is 10.6 Å². The van der Waals surface area contributed by atoms with Crippen molar-refractivity contribution in [2.24, 2.45) is 5.10 Å². The van der Waals surface area contributed by atoms with E-state index >= 15 is 0 Å². The second-order valence-electron chi connectivity index (χ2n) is 5.35. The van der Waals surface area contributed by atoms with Crippen molar-refractivity contribution in [2.75, 3.05) is 0 Å². The Bertz CT molecular complexity index is 987. The van der Waals surface area contributed by atoms with E-state index in [4.69, 9.17) is 16.1 Å². The Balaban J connectivity index is 1.83. The third-order valence-electron chi connectivity index (χ3n) is 3.56. The molecule has 0 radical (unpaired) electrons. The van der Waals surface area contributed by atoms with Gasteiger partial charge in [0.05, 0.1) is 10.7 Å². The highest BCUT2D eigenvalue weighted by Gasteiger charge is 2.21. The van der Waals surface area contributed by atoms with Gasteiger partial charge in [-0.25, -0.2) is 5.43 Å². The Hall–Kier alpha value is -2.64. The molecule has 1 amide bonds. The minimum Gasteiger partial charge on any atom is -0.506 e. The standard InChI is InChI=1S/C18H13BrClN3O3/c1-10-15(16(23-26-10)11-5-3-2-4-6-11)18(25)22-21-9-12-7-13(20)8-14(19)17(12)24/h2-9,24H,1H3,(H,22,25)/b21-9-. The van der Waals surface area contributed by atoms with Gasteiger partial charge in [0.1, 0.15) is 22.8 Å². The Labute approximate surface area is 162 Å². The van der Waals surface area contributed by atoms with Crippen LogP contribution in [0.25, 0.3) is 11.3 Å². The number of hydrogen-bond donors (Lipinski definition) is 2. The Kier molecular flexibility index (Phi) is 5.39. The molecule has 3 rings (SSSR count). The lowest BCUT2D eigenvalue weighted by atomic mass is 10.1. The second-order valence-corrected chi connectivity index (χ2v) is 6.64. The number of phenolic OH excluding ortho intramolecular Hbond substituents is 1. The summed E-state index contributed by atoms with van der Waals surface area (Å²) in [5.74, 6) is -0.122. The zero-order chi connectivity index (χ0) is 18.7. The van der Waals surface area contributed by atoms with Crippen LogP contribution in [0.2, 0.25) is 5.02 Å². The van der Waals surface area contributed by atoms with Crippen LogP contribution in [0.15, 0.2) is 56.6 Å². The molecule has 0 aliphatic carbocycles. The monoisotopic (exact) mass is 433 g/mol. The van der Waals surface area contributed by atoms with Gasteiger partial charge in [-0.2, -0.15) is 5.10 Å². The molecule has 26 heavy (non-hydrogen) atoms. The maximum atomic E-state index is 12.5. The van der Waals surface area contributed by atoms with Crippen molar-refractivity contribution >= 4 is 39.7 Å². The molecule has 132 valence electrons. The first-order valence-electron chi connectivity index (χ1n) is 7.50. The third kappa shape index (κ3) is 3.79. The average molecular weight is 435 g/mol. The molecular formula is C18H13BrClN3O3. The lowest BCUT2D eigenvalue weighted by Crippen LogP contribution is -2.18. The predicted molar refractivity (Wildman–Crippen MR) is 103 cm³/mol. The van der Waals surface area contributed by atoms with Crippen LogP contribution in [-0.2, 0) is 0 Å². The number of hydrazone groups is 1. The van der Waals surface area contributed by atoms with E-state index in [-0.39, 0.29) is 5.75 Å². The zero-order valence-corrected chi connectivity index (χ0v) is 15.9. The van der Waals surface area contributed by atoms with Gasteiger partial charge in [-0.1, -0.05) is 47.1 Å². The fourth-order valence-corrected chi connectivity index (χ4v) is 3.17. The molecule has 0 aliphatic heterocycles. The fourth-order valence-electron chi connectivity index (χ4n) is 2.33. The van der Waals surface area contributed by atoms with E-state index in [1.54, 1.807) is 13.0 Å². The molecule has 2 aromatic carbocycles. The molecule has 0 unspecified atom stereocenters. The molecule has 1 heterocycles. The Morgan fingerprint density at radius 1 is 1.35 bits per heavy atom. The van der Waals surface area contributed by atoms with Crippen LogP contribution in [0, 0.1) is 6.92 Å². The van der Waals surface area contributed by atoms with Crippen molar-refractivity contribution in [3.63, 3.8) is 0 Å². The molecule has 2 N–H and O–H groups in total. The smallest absolute Gasteiger partial charge is 0.277 e. The molecule has 1 aromatic heterocycles. The van der Waals surface area contributed by atoms with E-state index in [0.717, 1.165) is 5.56 Å². The number of rotatable bonds is 4. The first-order valence-corrected chi connectivity index (χ1v) is 8.67. The molecule has 0 spiro atoms. The predicted octanol–water partition coefficient (Wildman–Crippen LogP) is 4.54. The number of nitrogens with zero attached hydrogens (tertiary/aromatic N) is 2. The highest BCUT2D eigenvalue weighted by molar-refractivity contribution is 9.10.